The standard InChI is InChI=1S/C12H28N2/c1-5-7-14(6-2)10-12(9-13)8-11(3)4/h11-12H,5-10,13H2,1-4H3. The zero-order chi connectivity index (χ0) is 11.0. The summed E-state index contributed by atoms with van der Waals surface area (Å²) >= 11 is 0. The van der Waals surface area contributed by atoms with Gasteiger partial charge in [0.15, 0.2) is 0 Å². The Bertz CT molecular complexity index is 123. The zero-order valence-electron chi connectivity index (χ0n) is 10.4. The molecule has 1 unspecified atom stereocenters. The van der Waals surface area contributed by atoms with E-state index in [1.54, 1.807) is 0 Å². The lowest BCUT2D eigenvalue weighted by atomic mass is 9.96. The predicted molar refractivity (Wildman–Crippen MR) is 64.4 cm³/mol. The van der Waals surface area contributed by atoms with Crippen LogP contribution in [0.5, 0.6) is 0 Å². The molecule has 2 heteroatoms. The maximum absolute atomic E-state index is 5.79. The molecule has 2 N–H and O–H groups in total. The van der Waals surface area contributed by atoms with Crippen LogP contribution in [0.3, 0.4) is 0 Å². The third kappa shape index (κ3) is 6.39. The summed E-state index contributed by atoms with van der Waals surface area (Å²) < 4.78 is 0. The van der Waals surface area contributed by atoms with E-state index >= 15 is 0 Å². The molecule has 14 heavy (non-hydrogen) atoms. The molecular weight excluding hydrogens is 172 g/mol. The van der Waals surface area contributed by atoms with Crippen molar-refractivity contribution in [1.29, 1.82) is 0 Å². The van der Waals surface area contributed by atoms with Crippen molar-refractivity contribution in [2.24, 2.45) is 17.6 Å². The zero-order valence-corrected chi connectivity index (χ0v) is 10.4. The van der Waals surface area contributed by atoms with E-state index in [0.717, 1.165) is 19.0 Å². The van der Waals surface area contributed by atoms with E-state index in [0.29, 0.717) is 5.92 Å². The molecule has 0 saturated heterocycles. The van der Waals surface area contributed by atoms with Crippen molar-refractivity contribution in [1.82, 2.24) is 4.90 Å². The van der Waals surface area contributed by atoms with Crippen LogP contribution in [0.1, 0.15) is 40.5 Å². The van der Waals surface area contributed by atoms with Crippen molar-refractivity contribution in [2.45, 2.75) is 40.5 Å². The van der Waals surface area contributed by atoms with Crippen LogP contribution in [0.15, 0.2) is 0 Å². The second kappa shape index (κ2) is 8.25. The Morgan fingerprint density at radius 3 is 2.21 bits per heavy atom. The summed E-state index contributed by atoms with van der Waals surface area (Å²) in [7, 11) is 0. The summed E-state index contributed by atoms with van der Waals surface area (Å²) in [6.45, 7) is 13.4. The quantitative estimate of drug-likeness (QED) is 0.651. The fourth-order valence-electron chi connectivity index (χ4n) is 1.97. The Kier molecular flexibility index (Phi) is 8.20. The SMILES string of the molecule is CCCN(CC)CC(CN)CC(C)C. The van der Waals surface area contributed by atoms with Crippen LogP contribution >= 0.6 is 0 Å². The maximum Gasteiger partial charge on any atom is 0.00217 e. The molecule has 0 fully saturated rings. The Hall–Kier alpha value is -0.0800. The third-order valence-electron chi connectivity index (χ3n) is 2.64. The normalized spacial score (nSPS) is 13.9. The Balaban J connectivity index is 3.87. The van der Waals surface area contributed by atoms with Crippen molar-refractivity contribution >= 4 is 0 Å². The first-order valence-electron chi connectivity index (χ1n) is 6.06. The lowest BCUT2D eigenvalue weighted by Gasteiger charge is -2.26. The Labute approximate surface area is 89.9 Å². The molecule has 0 heterocycles. The van der Waals surface area contributed by atoms with Gasteiger partial charge in [0.2, 0.25) is 0 Å². The number of nitrogens with zero attached hydrogens (tertiary/aromatic N) is 1. The molecule has 0 bridgehead atoms. The van der Waals surface area contributed by atoms with Gasteiger partial charge < -0.3 is 10.6 Å². The molecule has 0 radical (unpaired) electrons. The van der Waals surface area contributed by atoms with Crippen molar-refractivity contribution in [3.63, 3.8) is 0 Å². The fourth-order valence-corrected chi connectivity index (χ4v) is 1.97. The van der Waals surface area contributed by atoms with Gasteiger partial charge in [-0.15, -0.1) is 0 Å². The molecule has 86 valence electrons. The number of rotatable bonds is 8. The highest BCUT2D eigenvalue weighted by atomic mass is 15.1. The summed E-state index contributed by atoms with van der Waals surface area (Å²) in [6.07, 6.45) is 2.50. The monoisotopic (exact) mass is 200 g/mol. The van der Waals surface area contributed by atoms with Crippen molar-refractivity contribution < 1.29 is 0 Å². The molecule has 0 aromatic rings. The van der Waals surface area contributed by atoms with Crippen LogP contribution in [-0.2, 0) is 0 Å². The van der Waals surface area contributed by atoms with Gasteiger partial charge in [0.25, 0.3) is 0 Å². The molecule has 0 rings (SSSR count). The Morgan fingerprint density at radius 1 is 1.21 bits per heavy atom. The van der Waals surface area contributed by atoms with Crippen LogP contribution in [-0.4, -0.2) is 31.1 Å². The van der Waals surface area contributed by atoms with E-state index < -0.39 is 0 Å². The van der Waals surface area contributed by atoms with Crippen molar-refractivity contribution in [2.75, 3.05) is 26.2 Å². The van der Waals surface area contributed by atoms with Gasteiger partial charge in [0, 0.05) is 6.54 Å². The average Bonchev–Trinajstić information content (AvgIpc) is 2.15. The van der Waals surface area contributed by atoms with Gasteiger partial charge >= 0.3 is 0 Å². The van der Waals surface area contributed by atoms with Crippen LogP contribution in [0.2, 0.25) is 0 Å². The molecule has 0 aromatic carbocycles. The highest BCUT2D eigenvalue weighted by Gasteiger charge is 2.12. The predicted octanol–water partition coefficient (Wildman–Crippen LogP) is 2.34. The maximum atomic E-state index is 5.79. The molecule has 0 aliphatic heterocycles. The van der Waals surface area contributed by atoms with E-state index in [9.17, 15) is 0 Å². The van der Waals surface area contributed by atoms with Gasteiger partial charge in [-0.25, -0.2) is 0 Å². The molecule has 0 aromatic heterocycles. The van der Waals surface area contributed by atoms with Gasteiger partial charge in [0.05, 0.1) is 0 Å². The minimum Gasteiger partial charge on any atom is -0.330 e. The molecule has 0 saturated carbocycles. The van der Waals surface area contributed by atoms with E-state index in [-0.39, 0.29) is 0 Å². The summed E-state index contributed by atoms with van der Waals surface area (Å²) in [4.78, 5) is 2.51. The van der Waals surface area contributed by atoms with Gasteiger partial charge in [-0.05, 0) is 44.3 Å². The number of nitrogens with two attached hydrogens (primary N) is 1. The minimum atomic E-state index is 0.682. The molecule has 0 spiro atoms. The smallest absolute Gasteiger partial charge is 0.00217 e. The molecule has 0 aliphatic carbocycles. The first kappa shape index (κ1) is 13.9. The van der Waals surface area contributed by atoms with E-state index in [1.807, 2.05) is 0 Å². The fraction of sp³-hybridized carbons (Fsp3) is 1.00. The first-order valence-corrected chi connectivity index (χ1v) is 6.06. The van der Waals surface area contributed by atoms with Crippen LogP contribution in [0.25, 0.3) is 0 Å². The molecular formula is C12H28N2. The first-order chi connectivity index (χ1) is 6.63. The van der Waals surface area contributed by atoms with Crippen LogP contribution in [0.4, 0.5) is 0 Å². The van der Waals surface area contributed by atoms with Gasteiger partial charge in [-0.1, -0.05) is 27.7 Å². The van der Waals surface area contributed by atoms with Crippen LogP contribution < -0.4 is 5.73 Å². The van der Waals surface area contributed by atoms with E-state index in [2.05, 4.69) is 32.6 Å². The largest absolute Gasteiger partial charge is 0.330 e. The lowest BCUT2D eigenvalue weighted by molar-refractivity contribution is 0.226. The van der Waals surface area contributed by atoms with Crippen LogP contribution in [0, 0.1) is 11.8 Å². The van der Waals surface area contributed by atoms with E-state index in [4.69, 9.17) is 5.73 Å². The van der Waals surface area contributed by atoms with Crippen molar-refractivity contribution in [3.05, 3.63) is 0 Å². The lowest BCUT2D eigenvalue weighted by Crippen LogP contribution is -2.34. The topological polar surface area (TPSA) is 29.3 Å². The summed E-state index contributed by atoms with van der Waals surface area (Å²) in [5, 5.41) is 0. The molecule has 0 aliphatic rings. The third-order valence-corrected chi connectivity index (χ3v) is 2.64. The van der Waals surface area contributed by atoms with E-state index in [1.165, 1.54) is 25.9 Å². The second-order valence-corrected chi connectivity index (χ2v) is 4.62. The summed E-state index contributed by atoms with van der Waals surface area (Å²) in [5.74, 6) is 1.45. The number of hydrogen-bond acceptors (Lipinski definition) is 2. The van der Waals surface area contributed by atoms with Gasteiger partial charge in [0.1, 0.15) is 0 Å². The van der Waals surface area contributed by atoms with Gasteiger partial charge in [-0.3, -0.25) is 0 Å². The highest BCUT2D eigenvalue weighted by molar-refractivity contribution is 4.67. The second-order valence-electron chi connectivity index (χ2n) is 4.62. The summed E-state index contributed by atoms with van der Waals surface area (Å²) in [6, 6.07) is 0. The average molecular weight is 200 g/mol. The van der Waals surface area contributed by atoms with Crippen molar-refractivity contribution in [3.8, 4) is 0 Å². The highest BCUT2D eigenvalue weighted by Crippen LogP contribution is 2.12. The Morgan fingerprint density at radius 2 is 1.86 bits per heavy atom. The molecule has 1 atom stereocenters. The van der Waals surface area contributed by atoms with Gasteiger partial charge in [-0.2, -0.15) is 0 Å². The minimum absolute atomic E-state index is 0.682. The molecule has 0 amide bonds. The number of hydrogen-bond donors (Lipinski definition) is 1. The molecule has 2 nitrogen and oxygen atoms in total. The summed E-state index contributed by atoms with van der Waals surface area (Å²) in [5.41, 5.74) is 5.79.